The molecule has 17 heavy (non-hydrogen) atoms. The Labute approximate surface area is 104 Å². The lowest BCUT2D eigenvalue weighted by atomic mass is 9.98. The van der Waals surface area contributed by atoms with E-state index in [1.807, 2.05) is 13.8 Å². The topological polar surface area (TPSA) is 58.2 Å². The average molecular weight is 240 g/mol. The van der Waals surface area contributed by atoms with Gasteiger partial charge in [-0.15, -0.1) is 0 Å². The molecule has 0 saturated carbocycles. The van der Waals surface area contributed by atoms with Crippen LogP contribution < -0.4 is 10.6 Å². The molecule has 0 unspecified atom stereocenters. The van der Waals surface area contributed by atoms with Crippen LogP contribution in [0.2, 0.25) is 0 Å². The zero-order valence-corrected chi connectivity index (χ0v) is 10.9. The van der Waals surface area contributed by atoms with Crippen molar-refractivity contribution in [2.75, 3.05) is 19.6 Å². The fourth-order valence-corrected chi connectivity index (χ4v) is 1.96. The van der Waals surface area contributed by atoms with E-state index in [9.17, 15) is 9.59 Å². The van der Waals surface area contributed by atoms with Crippen molar-refractivity contribution in [1.82, 2.24) is 10.6 Å². The molecule has 1 aliphatic rings. The molecule has 0 aromatic rings. The minimum atomic E-state index is 0.0116. The van der Waals surface area contributed by atoms with E-state index in [4.69, 9.17) is 0 Å². The van der Waals surface area contributed by atoms with Gasteiger partial charge >= 0.3 is 0 Å². The largest absolute Gasteiger partial charge is 0.356 e. The first-order chi connectivity index (χ1) is 8.09. The second-order valence-corrected chi connectivity index (χ2v) is 5.12. The molecule has 98 valence electrons. The molecule has 1 fully saturated rings. The summed E-state index contributed by atoms with van der Waals surface area (Å²) < 4.78 is 0. The van der Waals surface area contributed by atoms with Gasteiger partial charge in [-0.05, 0) is 31.8 Å². The zero-order chi connectivity index (χ0) is 12.7. The number of ketones is 1. The van der Waals surface area contributed by atoms with E-state index >= 15 is 0 Å². The first-order valence-electron chi connectivity index (χ1n) is 6.59. The Balaban J connectivity index is 2.10. The molecule has 4 nitrogen and oxygen atoms in total. The van der Waals surface area contributed by atoms with Crippen LogP contribution >= 0.6 is 0 Å². The van der Waals surface area contributed by atoms with Gasteiger partial charge in [-0.1, -0.05) is 13.8 Å². The third kappa shape index (κ3) is 5.82. The molecule has 0 aliphatic carbocycles. The van der Waals surface area contributed by atoms with Crippen LogP contribution in [0.25, 0.3) is 0 Å². The molecule has 1 amide bonds. The minimum Gasteiger partial charge on any atom is -0.356 e. The maximum absolute atomic E-state index is 11.5. The Hall–Kier alpha value is -0.900. The van der Waals surface area contributed by atoms with Crippen molar-refractivity contribution < 1.29 is 9.59 Å². The number of carbonyl (C=O) groups excluding carboxylic acids is 2. The molecule has 4 heteroatoms. The molecule has 0 spiro atoms. The van der Waals surface area contributed by atoms with Gasteiger partial charge in [0.2, 0.25) is 5.91 Å². The molecule has 2 N–H and O–H groups in total. The number of amides is 1. The van der Waals surface area contributed by atoms with Crippen LogP contribution in [0.5, 0.6) is 0 Å². The van der Waals surface area contributed by atoms with Gasteiger partial charge < -0.3 is 10.6 Å². The third-order valence-electron chi connectivity index (χ3n) is 3.29. The second kappa shape index (κ2) is 7.43. The summed E-state index contributed by atoms with van der Waals surface area (Å²) in [6.07, 6.45) is 2.97. The summed E-state index contributed by atoms with van der Waals surface area (Å²) in [6, 6.07) is 0. The quantitative estimate of drug-likeness (QED) is 0.731. The van der Waals surface area contributed by atoms with Crippen molar-refractivity contribution in [3.05, 3.63) is 0 Å². The van der Waals surface area contributed by atoms with Crippen LogP contribution in [0.3, 0.4) is 0 Å². The van der Waals surface area contributed by atoms with Gasteiger partial charge in [0.1, 0.15) is 5.78 Å². The van der Waals surface area contributed by atoms with Crippen LogP contribution in [0.15, 0.2) is 0 Å². The maximum Gasteiger partial charge on any atom is 0.220 e. The van der Waals surface area contributed by atoms with E-state index < -0.39 is 0 Å². The lowest BCUT2D eigenvalue weighted by Crippen LogP contribution is -2.36. The van der Waals surface area contributed by atoms with E-state index in [-0.39, 0.29) is 17.6 Å². The molecule has 1 heterocycles. The molecule has 0 bridgehead atoms. The van der Waals surface area contributed by atoms with Crippen molar-refractivity contribution in [2.24, 2.45) is 11.8 Å². The van der Waals surface area contributed by atoms with Crippen LogP contribution in [0.4, 0.5) is 0 Å². The molecule has 0 atom stereocenters. The lowest BCUT2D eigenvalue weighted by Gasteiger charge is -2.22. The van der Waals surface area contributed by atoms with Crippen molar-refractivity contribution in [3.63, 3.8) is 0 Å². The monoisotopic (exact) mass is 240 g/mol. The lowest BCUT2D eigenvalue weighted by molar-refractivity contribution is -0.126. The van der Waals surface area contributed by atoms with Crippen molar-refractivity contribution in [1.29, 1.82) is 0 Å². The van der Waals surface area contributed by atoms with Crippen molar-refractivity contribution in [2.45, 2.75) is 39.5 Å². The highest BCUT2D eigenvalue weighted by Crippen LogP contribution is 2.10. The van der Waals surface area contributed by atoms with Crippen molar-refractivity contribution >= 4 is 11.7 Å². The minimum absolute atomic E-state index is 0.0116. The Morgan fingerprint density at radius 1 is 1.24 bits per heavy atom. The Morgan fingerprint density at radius 2 is 1.88 bits per heavy atom. The number of hydrogen-bond donors (Lipinski definition) is 2. The average Bonchev–Trinajstić information content (AvgIpc) is 2.34. The molecular weight excluding hydrogens is 216 g/mol. The van der Waals surface area contributed by atoms with Gasteiger partial charge in [-0.2, -0.15) is 0 Å². The number of rotatable bonds is 6. The van der Waals surface area contributed by atoms with Gasteiger partial charge in [0.05, 0.1) is 0 Å². The normalized spacial score (nSPS) is 17.1. The zero-order valence-electron chi connectivity index (χ0n) is 10.9. The fraction of sp³-hybridized carbons (Fsp3) is 0.846. The van der Waals surface area contributed by atoms with Crippen LogP contribution in [-0.4, -0.2) is 31.3 Å². The summed E-state index contributed by atoms with van der Waals surface area (Å²) in [5, 5.41) is 6.23. The number of Topliss-reactive ketones (excluding diaryl/α,β-unsaturated/α-hetero) is 1. The summed E-state index contributed by atoms with van der Waals surface area (Å²) in [6.45, 7) is 6.60. The summed E-state index contributed by atoms with van der Waals surface area (Å²) in [4.78, 5) is 22.9. The number of hydrogen-bond acceptors (Lipinski definition) is 3. The molecule has 1 aliphatic heterocycles. The summed E-state index contributed by atoms with van der Waals surface area (Å²) >= 11 is 0. The molecule has 1 rings (SSSR count). The Morgan fingerprint density at radius 3 is 2.47 bits per heavy atom. The standard InChI is InChI=1S/C13H24N2O2/c1-10(2)12(16)3-4-13(17)15-9-11-5-7-14-8-6-11/h10-11,14H,3-9H2,1-2H3,(H,15,17). The van der Waals surface area contributed by atoms with E-state index in [2.05, 4.69) is 10.6 Å². The van der Waals surface area contributed by atoms with Gasteiger partial charge in [-0.3, -0.25) is 9.59 Å². The third-order valence-corrected chi connectivity index (χ3v) is 3.29. The van der Waals surface area contributed by atoms with Crippen molar-refractivity contribution in [3.8, 4) is 0 Å². The van der Waals surface area contributed by atoms with E-state index in [0.717, 1.165) is 32.5 Å². The highest BCUT2D eigenvalue weighted by atomic mass is 16.2. The Kier molecular flexibility index (Phi) is 6.19. The summed E-state index contributed by atoms with van der Waals surface area (Å²) in [5.41, 5.74) is 0. The van der Waals surface area contributed by atoms with Crippen LogP contribution in [0, 0.1) is 11.8 Å². The van der Waals surface area contributed by atoms with E-state index in [1.54, 1.807) is 0 Å². The molecule has 1 saturated heterocycles. The Bertz CT molecular complexity index is 258. The smallest absolute Gasteiger partial charge is 0.220 e. The maximum atomic E-state index is 11.5. The predicted molar refractivity (Wildman–Crippen MR) is 67.7 cm³/mol. The summed E-state index contributed by atoms with van der Waals surface area (Å²) in [5.74, 6) is 0.813. The van der Waals surface area contributed by atoms with Crippen LogP contribution in [0.1, 0.15) is 39.5 Å². The number of piperidine rings is 1. The van der Waals surface area contributed by atoms with Gasteiger partial charge in [0.15, 0.2) is 0 Å². The first kappa shape index (κ1) is 14.2. The number of carbonyl (C=O) groups is 2. The molecule has 0 aromatic heterocycles. The summed E-state index contributed by atoms with van der Waals surface area (Å²) in [7, 11) is 0. The van der Waals surface area contributed by atoms with E-state index in [1.165, 1.54) is 0 Å². The second-order valence-electron chi connectivity index (χ2n) is 5.12. The predicted octanol–water partition coefficient (Wildman–Crippen LogP) is 1.11. The van der Waals surface area contributed by atoms with Gasteiger partial charge in [0.25, 0.3) is 0 Å². The van der Waals surface area contributed by atoms with E-state index in [0.29, 0.717) is 18.8 Å². The van der Waals surface area contributed by atoms with Gasteiger partial charge in [0, 0.05) is 25.3 Å². The highest BCUT2D eigenvalue weighted by molar-refractivity contribution is 5.85. The fourth-order valence-electron chi connectivity index (χ4n) is 1.96. The molecule has 0 radical (unpaired) electrons. The molecule has 0 aromatic carbocycles. The highest BCUT2D eigenvalue weighted by Gasteiger charge is 2.14. The molecular formula is C13H24N2O2. The SMILES string of the molecule is CC(C)C(=O)CCC(=O)NCC1CCNCC1. The van der Waals surface area contributed by atoms with Crippen LogP contribution in [-0.2, 0) is 9.59 Å². The number of nitrogens with one attached hydrogen (secondary N) is 2. The van der Waals surface area contributed by atoms with Gasteiger partial charge in [-0.25, -0.2) is 0 Å². The first-order valence-corrected chi connectivity index (χ1v) is 6.59.